The van der Waals surface area contributed by atoms with Gasteiger partial charge in [-0.25, -0.2) is 0 Å². The Morgan fingerprint density at radius 3 is 2.44 bits per heavy atom. The van der Waals surface area contributed by atoms with E-state index < -0.39 is 0 Å². The van der Waals surface area contributed by atoms with Crippen LogP contribution in [0.1, 0.15) is 46.6 Å². The van der Waals surface area contributed by atoms with Gasteiger partial charge in [-0.1, -0.05) is 51.4 Å². The van der Waals surface area contributed by atoms with E-state index >= 15 is 0 Å². The predicted octanol–water partition coefficient (Wildman–Crippen LogP) is 6.62. The quantitative estimate of drug-likeness (QED) is 0.662. The van der Waals surface area contributed by atoms with Crippen LogP contribution in [0.4, 0.5) is 17.1 Å². The lowest BCUT2D eigenvalue weighted by Gasteiger charge is -2.42. The van der Waals surface area contributed by atoms with Crippen molar-refractivity contribution in [3.05, 3.63) is 53.1 Å². The molecule has 0 amide bonds. The first-order valence-electron chi connectivity index (χ1n) is 9.23. The van der Waals surface area contributed by atoms with E-state index in [1.165, 1.54) is 11.3 Å². The molecule has 0 saturated carbocycles. The maximum atomic E-state index is 6.32. The summed E-state index contributed by atoms with van der Waals surface area (Å²) in [7, 11) is 0. The molecule has 0 spiro atoms. The van der Waals surface area contributed by atoms with Gasteiger partial charge in [-0.2, -0.15) is 0 Å². The highest BCUT2D eigenvalue weighted by Gasteiger charge is 2.48. The highest BCUT2D eigenvalue weighted by molar-refractivity contribution is 6.33. The number of benzene rings is 2. The monoisotopic (exact) mass is 356 g/mol. The lowest BCUT2D eigenvalue weighted by molar-refractivity contribution is 0.191. The SMILES string of the molecule is CCN1CC(CC)(C(C)(C)C)c2cc(Nc3ccccc3Cl)ccc21. The molecule has 1 unspecified atom stereocenters. The van der Waals surface area contributed by atoms with Crippen molar-refractivity contribution in [2.75, 3.05) is 23.3 Å². The molecule has 0 fully saturated rings. The highest BCUT2D eigenvalue weighted by Crippen LogP contribution is 2.53. The van der Waals surface area contributed by atoms with Crippen molar-refractivity contribution in [3.8, 4) is 0 Å². The normalized spacial score (nSPS) is 19.8. The molecule has 1 atom stereocenters. The molecule has 134 valence electrons. The summed E-state index contributed by atoms with van der Waals surface area (Å²) in [6.07, 6.45) is 1.13. The number of likely N-dealkylation sites (N-methyl/N-ethyl adjacent to an activating group) is 1. The van der Waals surface area contributed by atoms with E-state index in [0.29, 0.717) is 0 Å². The second-order valence-corrected chi connectivity index (χ2v) is 8.44. The van der Waals surface area contributed by atoms with Gasteiger partial charge in [-0.3, -0.25) is 0 Å². The minimum Gasteiger partial charge on any atom is -0.371 e. The fourth-order valence-corrected chi connectivity index (χ4v) is 4.43. The predicted molar refractivity (Wildman–Crippen MR) is 110 cm³/mol. The van der Waals surface area contributed by atoms with Gasteiger partial charge in [-0.15, -0.1) is 0 Å². The van der Waals surface area contributed by atoms with Crippen LogP contribution < -0.4 is 10.2 Å². The number of hydrogen-bond acceptors (Lipinski definition) is 2. The minimum atomic E-state index is 0.163. The van der Waals surface area contributed by atoms with Gasteiger partial charge in [-0.05, 0) is 54.7 Å². The molecule has 0 saturated heterocycles. The van der Waals surface area contributed by atoms with E-state index in [1.54, 1.807) is 0 Å². The zero-order chi connectivity index (χ0) is 18.2. The Balaban J connectivity index is 2.07. The van der Waals surface area contributed by atoms with Crippen LogP contribution in [0.15, 0.2) is 42.5 Å². The molecular weight excluding hydrogens is 328 g/mol. The summed E-state index contributed by atoms with van der Waals surface area (Å²) in [5, 5.41) is 4.24. The van der Waals surface area contributed by atoms with Crippen molar-refractivity contribution in [2.45, 2.75) is 46.5 Å². The summed E-state index contributed by atoms with van der Waals surface area (Å²) < 4.78 is 0. The van der Waals surface area contributed by atoms with Crippen LogP contribution in [0.5, 0.6) is 0 Å². The Morgan fingerprint density at radius 2 is 1.84 bits per heavy atom. The van der Waals surface area contributed by atoms with E-state index in [0.717, 1.165) is 35.9 Å². The zero-order valence-corrected chi connectivity index (χ0v) is 16.7. The molecule has 1 aliphatic rings. The van der Waals surface area contributed by atoms with Crippen molar-refractivity contribution < 1.29 is 0 Å². The van der Waals surface area contributed by atoms with E-state index in [1.807, 2.05) is 24.3 Å². The molecule has 1 aliphatic heterocycles. The van der Waals surface area contributed by atoms with Crippen molar-refractivity contribution in [2.24, 2.45) is 5.41 Å². The molecule has 3 rings (SSSR count). The molecule has 2 aromatic rings. The number of fused-ring (bicyclic) bond motifs is 1. The fourth-order valence-electron chi connectivity index (χ4n) is 4.24. The van der Waals surface area contributed by atoms with Crippen LogP contribution in [0.3, 0.4) is 0 Å². The van der Waals surface area contributed by atoms with E-state index in [9.17, 15) is 0 Å². The maximum Gasteiger partial charge on any atom is 0.0640 e. The summed E-state index contributed by atoms with van der Waals surface area (Å²) in [5.41, 5.74) is 5.25. The lowest BCUT2D eigenvalue weighted by atomic mass is 9.62. The molecule has 0 aliphatic carbocycles. The lowest BCUT2D eigenvalue weighted by Crippen LogP contribution is -2.43. The third-order valence-corrected chi connectivity index (χ3v) is 6.22. The van der Waals surface area contributed by atoms with Gasteiger partial charge in [0, 0.05) is 29.9 Å². The highest BCUT2D eigenvalue weighted by atomic mass is 35.5. The topological polar surface area (TPSA) is 15.3 Å². The molecule has 25 heavy (non-hydrogen) atoms. The van der Waals surface area contributed by atoms with Gasteiger partial charge in [0.15, 0.2) is 0 Å². The molecule has 2 aromatic carbocycles. The number of nitrogens with zero attached hydrogens (tertiary/aromatic N) is 1. The number of nitrogens with one attached hydrogen (secondary N) is 1. The molecule has 2 nitrogen and oxygen atoms in total. The Bertz CT molecular complexity index is 763. The number of halogens is 1. The largest absolute Gasteiger partial charge is 0.371 e. The molecule has 0 aromatic heterocycles. The summed E-state index contributed by atoms with van der Waals surface area (Å²) in [5.74, 6) is 0. The van der Waals surface area contributed by atoms with Crippen molar-refractivity contribution in [1.82, 2.24) is 0 Å². The Hall–Kier alpha value is -1.67. The first-order chi connectivity index (χ1) is 11.8. The molecule has 0 bridgehead atoms. The van der Waals surface area contributed by atoms with Crippen LogP contribution in [0, 0.1) is 5.41 Å². The van der Waals surface area contributed by atoms with Crippen LogP contribution in [-0.4, -0.2) is 13.1 Å². The van der Waals surface area contributed by atoms with Crippen LogP contribution in [0.25, 0.3) is 0 Å². The molecular formula is C22H29ClN2. The molecule has 0 radical (unpaired) electrons. The molecule has 1 N–H and O–H groups in total. The van der Waals surface area contributed by atoms with Gasteiger partial charge in [0.2, 0.25) is 0 Å². The molecule has 3 heteroatoms. The van der Waals surface area contributed by atoms with Gasteiger partial charge in [0.1, 0.15) is 0 Å². The number of anilines is 3. The van der Waals surface area contributed by atoms with E-state index in [-0.39, 0.29) is 10.8 Å². The fraction of sp³-hybridized carbons (Fsp3) is 0.455. The van der Waals surface area contributed by atoms with E-state index in [4.69, 9.17) is 11.6 Å². The summed E-state index contributed by atoms with van der Waals surface area (Å²) in [6.45, 7) is 13.8. The summed E-state index contributed by atoms with van der Waals surface area (Å²) in [4.78, 5) is 2.52. The Kier molecular flexibility index (Phi) is 4.76. The number of hydrogen-bond donors (Lipinski definition) is 1. The van der Waals surface area contributed by atoms with Crippen LogP contribution >= 0.6 is 11.6 Å². The van der Waals surface area contributed by atoms with E-state index in [2.05, 4.69) is 63.0 Å². The van der Waals surface area contributed by atoms with Crippen molar-refractivity contribution in [3.63, 3.8) is 0 Å². The Morgan fingerprint density at radius 1 is 1.12 bits per heavy atom. The average Bonchev–Trinajstić information content (AvgIpc) is 2.91. The van der Waals surface area contributed by atoms with Crippen LogP contribution in [-0.2, 0) is 5.41 Å². The van der Waals surface area contributed by atoms with Gasteiger partial charge in [0.25, 0.3) is 0 Å². The first-order valence-corrected chi connectivity index (χ1v) is 9.61. The number of para-hydroxylation sites is 1. The third-order valence-electron chi connectivity index (χ3n) is 5.89. The van der Waals surface area contributed by atoms with Crippen molar-refractivity contribution >= 4 is 28.7 Å². The zero-order valence-electron chi connectivity index (χ0n) is 16.0. The van der Waals surface area contributed by atoms with Gasteiger partial charge < -0.3 is 10.2 Å². The standard InChI is InChI=1S/C22H29ClN2/c1-6-22(21(3,4)5)15-25(7-2)20-13-12-16(14-17(20)22)24-19-11-9-8-10-18(19)23/h8-14,24H,6-7,15H2,1-5H3. The number of rotatable bonds is 4. The third kappa shape index (κ3) is 3.01. The van der Waals surface area contributed by atoms with Gasteiger partial charge >= 0.3 is 0 Å². The summed E-state index contributed by atoms with van der Waals surface area (Å²) in [6, 6.07) is 14.7. The first kappa shape index (κ1) is 18.1. The van der Waals surface area contributed by atoms with Gasteiger partial charge in [0.05, 0.1) is 10.7 Å². The second-order valence-electron chi connectivity index (χ2n) is 8.04. The average molecular weight is 357 g/mol. The minimum absolute atomic E-state index is 0.163. The smallest absolute Gasteiger partial charge is 0.0640 e. The molecule has 1 heterocycles. The maximum absolute atomic E-state index is 6.32. The Labute approximate surface area is 157 Å². The van der Waals surface area contributed by atoms with Crippen molar-refractivity contribution in [1.29, 1.82) is 0 Å². The second kappa shape index (κ2) is 6.57. The van der Waals surface area contributed by atoms with Crippen LogP contribution in [0.2, 0.25) is 5.02 Å². The summed E-state index contributed by atoms with van der Waals surface area (Å²) >= 11 is 6.32.